The highest BCUT2D eigenvalue weighted by Crippen LogP contribution is 2.37. The Bertz CT molecular complexity index is 201. The molecule has 0 aromatic carbocycles. The fraction of sp³-hybridized carbons (Fsp3) is 0.909. The minimum Gasteiger partial charge on any atom is -0.389 e. The molecule has 0 radical (unpaired) electrons. The minimum atomic E-state index is -0.769. The summed E-state index contributed by atoms with van der Waals surface area (Å²) in [4.78, 5) is 0. The highest BCUT2D eigenvalue weighted by atomic mass is 16.3. The Morgan fingerprint density at radius 1 is 1.62 bits per heavy atom. The second kappa shape index (κ2) is 4.11. The van der Waals surface area contributed by atoms with E-state index in [0.717, 1.165) is 12.8 Å². The molecule has 2 unspecified atom stereocenters. The number of rotatable bonds is 4. The standard InChI is InChI=1S/C11H19NO/c1-3-10(8-12)11(2,13)7-9-5-4-6-9/h9-10,13H,3-7H2,1-2H3. The van der Waals surface area contributed by atoms with Crippen LogP contribution in [-0.2, 0) is 0 Å². The van der Waals surface area contributed by atoms with E-state index in [0.29, 0.717) is 5.92 Å². The van der Waals surface area contributed by atoms with Crippen LogP contribution in [0.1, 0.15) is 46.0 Å². The van der Waals surface area contributed by atoms with Crippen molar-refractivity contribution < 1.29 is 5.11 Å². The van der Waals surface area contributed by atoms with Gasteiger partial charge in [0.25, 0.3) is 0 Å². The third-order valence-electron chi connectivity index (χ3n) is 3.24. The quantitative estimate of drug-likeness (QED) is 0.724. The van der Waals surface area contributed by atoms with Crippen LogP contribution in [0, 0.1) is 23.2 Å². The summed E-state index contributed by atoms with van der Waals surface area (Å²) < 4.78 is 0. The molecule has 74 valence electrons. The number of nitrogens with zero attached hydrogens (tertiary/aromatic N) is 1. The van der Waals surface area contributed by atoms with Gasteiger partial charge in [0.05, 0.1) is 17.6 Å². The fourth-order valence-electron chi connectivity index (χ4n) is 2.09. The average Bonchev–Trinajstić information content (AvgIpc) is 1.99. The Hall–Kier alpha value is -0.550. The normalized spacial score (nSPS) is 24.2. The first-order valence-corrected chi connectivity index (χ1v) is 5.22. The van der Waals surface area contributed by atoms with Crippen molar-refractivity contribution >= 4 is 0 Å². The molecule has 0 aromatic heterocycles. The Balaban J connectivity index is 2.47. The van der Waals surface area contributed by atoms with Crippen LogP contribution >= 0.6 is 0 Å². The molecule has 0 spiro atoms. The molecule has 2 heteroatoms. The van der Waals surface area contributed by atoms with Crippen molar-refractivity contribution in [2.75, 3.05) is 0 Å². The van der Waals surface area contributed by atoms with Crippen molar-refractivity contribution in [1.82, 2.24) is 0 Å². The lowest BCUT2D eigenvalue weighted by Crippen LogP contribution is -2.37. The third kappa shape index (κ3) is 2.45. The summed E-state index contributed by atoms with van der Waals surface area (Å²) in [6, 6.07) is 2.20. The second-order valence-corrected chi connectivity index (χ2v) is 4.45. The Kier molecular flexibility index (Phi) is 3.33. The molecule has 0 aromatic rings. The summed E-state index contributed by atoms with van der Waals surface area (Å²) in [5, 5.41) is 18.9. The van der Waals surface area contributed by atoms with Crippen LogP contribution in [0.15, 0.2) is 0 Å². The van der Waals surface area contributed by atoms with Crippen LogP contribution in [0.4, 0.5) is 0 Å². The van der Waals surface area contributed by atoms with Crippen LogP contribution in [0.5, 0.6) is 0 Å². The molecule has 0 bridgehead atoms. The molecule has 1 N–H and O–H groups in total. The van der Waals surface area contributed by atoms with Gasteiger partial charge in [-0.05, 0) is 25.7 Å². The maximum Gasteiger partial charge on any atom is 0.0779 e. The molecule has 13 heavy (non-hydrogen) atoms. The van der Waals surface area contributed by atoms with Gasteiger partial charge in [0.2, 0.25) is 0 Å². The molecule has 1 aliphatic rings. The van der Waals surface area contributed by atoms with Crippen LogP contribution in [0.25, 0.3) is 0 Å². The highest BCUT2D eigenvalue weighted by molar-refractivity contribution is 4.97. The predicted molar refractivity (Wildman–Crippen MR) is 52.0 cm³/mol. The second-order valence-electron chi connectivity index (χ2n) is 4.45. The minimum absolute atomic E-state index is 0.201. The Morgan fingerprint density at radius 3 is 2.54 bits per heavy atom. The summed E-state index contributed by atoms with van der Waals surface area (Å²) in [5.41, 5.74) is -0.769. The Labute approximate surface area is 80.6 Å². The monoisotopic (exact) mass is 181 g/mol. The van der Waals surface area contributed by atoms with Crippen molar-refractivity contribution in [2.45, 2.75) is 51.6 Å². The zero-order chi connectivity index (χ0) is 9.90. The van der Waals surface area contributed by atoms with Crippen LogP contribution in [0.3, 0.4) is 0 Å². The average molecular weight is 181 g/mol. The molecule has 1 rings (SSSR count). The number of hydrogen-bond donors (Lipinski definition) is 1. The van der Waals surface area contributed by atoms with E-state index in [4.69, 9.17) is 5.26 Å². The summed E-state index contributed by atoms with van der Waals surface area (Å²) in [7, 11) is 0. The lowest BCUT2D eigenvalue weighted by molar-refractivity contribution is -0.0145. The lowest BCUT2D eigenvalue weighted by atomic mass is 9.73. The van der Waals surface area contributed by atoms with Gasteiger partial charge in [-0.2, -0.15) is 5.26 Å². The predicted octanol–water partition coefficient (Wildman–Crippen LogP) is 2.48. The zero-order valence-electron chi connectivity index (χ0n) is 8.58. The maximum atomic E-state index is 10.1. The van der Waals surface area contributed by atoms with Gasteiger partial charge in [-0.25, -0.2) is 0 Å². The number of aliphatic hydroxyl groups is 1. The van der Waals surface area contributed by atoms with Gasteiger partial charge in [0.15, 0.2) is 0 Å². The van der Waals surface area contributed by atoms with E-state index in [2.05, 4.69) is 6.07 Å². The van der Waals surface area contributed by atoms with E-state index in [1.807, 2.05) is 13.8 Å². The highest BCUT2D eigenvalue weighted by Gasteiger charge is 2.35. The lowest BCUT2D eigenvalue weighted by Gasteiger charge is -2.35. The van der Waals surface area contributed by atoms with Gasteiger partial charge in [-0.1, -0.05) is 26.2 Å². The van der Waals surface area contributed by atoms with Crippen molar-refractivity contribution in [2.24, 2.45) is 11.8 Å². The molecule has 1 aliphatic carbocycles. The van der Waals surface area contributed by atoms with Crippen LogP contribution in [0.2, 0.25) is 0 Å². The molecular weight excluding hydrogens is 162 g/mol. The molecule has 0 amide bonds. The smallest absolute Gasteiger partial charge is 0.0779 e. The first kappa shape index (κ1) is 10.5. The topological polar surface area (TPSA) is 44.0 Å². The van der Waals surface area contributed by atoms with Gasteiger partial charge in [0, 0.05) is 0 Å². The van der Waals surface area contributed by atoms with Gasteiger partial charge in [0.1, 0.15) is 0 Å². The Morgan fingerprint density at radius 2 is 2.23 bits per heavy atom. The van der Waals surface area contributed by atoms with Crippen LogP contribution in [-0.4, -0.2) is 10.7 Å². The van der Waals surface area contributed by atoms with Crippen molar-refractivity contribution in [1.29, 1.82) is 5.26 Å². The van der Waals surface area contributed by atoms with Crippen molar-refractivity contribution in [3.63, 3.8) is 0 Å². The largest absolute Gasteiger partial charge is 0.389 e. The molecule has 0 aliphatic heterocycles. The zero-order valence-corrected chi connectivity index (χ0v) is 8.58. The summed E-state index contributed by atoms with van der Waals surface area (Å²) in [5.74, 6) is 0.463. The van der Waals surface area contributed by atoms with E-state index >= 15 is 0 Å². The number of hydrogen-bond acceptors (Lipinski definition) is 2. The first-order chi connectivity index (χ1) is 6.10. The van der Waals surface area contributed by atoms with Gasteiger partial charge < -0.3 is 5.11 Å². The van der Waals surface area contributed by atoms with E-state index < -0.39 is 5.60 Å². The summed E-state index contributed by atoms with van der Waals surface area (Å²) in [6.45, 7) is 3.77. The SMILES string of the molecule is CCC(C#N)C(C)(O)CC1CCC1. The van der Waals surface area contributed by atoms with E-state index in [1.54, 1.807) is 0 Å². The van der Waals surface area contributed by atoms with E-state index in [1.165, 1.54) is 19.3 Å². The van der Waals surface area contributed by atoms with Gasteiger partial charge in [-0.3, -0.25) is 0 Å². The van der Waals surface area contributed by atoms with Crippen LogP contribution < -0.4 is 0 Å². The molecule has 1 fully saturated rings. The molecular formula is C11H19NO. The molecule has 1 saturated carbocycles. The molecule has 0 saturated heterocycles. The molecule has 2 nitrogen and oxygen atoms in total. The third-order valence-corrected chi connectivity index (χ3v) is 3.24. The molecule has 0 heterocycles. The first-order valence-electron chi connectivity index (χ1n) is 5.22. The maximum absolute atomic E-state index is 10.1. The van der Waals surface area contributed by atoms with Gasteiger partial charge in [-0.15, -0.1) is 0 Å². The summed E-state index contributed by atoms with van der Waals surface area (Å²) >= 11 is 0. The van der Waals surface area contributed by atoms with Crippen molar-refractivity contribution in [3.05, 3.63) is 0 Å². The summed E-state index contributed by atoms with van der Waals surface area (Å²) in [6.07, 6.45) is 5.31. The van der Waals surface area contributed by atoms with E-state index in [9.17, 15) is 5.11 Å². The molecule has 2 atom stereocenters. The number of nitriles is 1. The van der Waals surface area contributed by atoms with Gasteiger partial charge >= 0.3 is 0 Å². The van der Waals surface area contributed by atoms with Crippen molar-refractivity contribution in [3.8, 4) is 6.07 Å². The van der Waals surface area contributed by atoms with E-state index in [-0.39, 0.29) is 5.92 Å². The fourth-order valence-corrected chi connectivity index (χ4v) is 2.09.